The van der Waals surface area contributed by atoms with Gasteiger partial charge in [-0.05, 0) is 11.6 Å². The monoisotopic (exact) mass is 417 g/mol. The second-order valence-electron chi connectivity index (χ2n) is 6.81. The molecule has 1 aliphatic rings. The summed E-state index contributed by atoms with van der Waals surface area (Å²) in [5.41, 5.74) is 1.96. The van der Waals surface area contributed by atoms with Crippen LogP contribution in [0.25, 0.3) is 0 Å². The number of rotatable bonds is 7. The van der Waals surface area contributed by atoms with Crippen LogP contribution in [0.4, 0.5) is 0 Å². The predicted molar refractivity (Wildman–Crippen MR) is 115 cm³/mol. The molecule has 0 saturated carbocycles. The van der Waals surface area contributed by atoms with Crippen molar-refractivity contribution in [3.05, 3.63) is 65.7 Å². The molecule has 1 unspecified atom stereocenters. The number of nitrogens with one attached hydrogen (secondary N) is 2. The minimum absolute atomic E-state index is 0. The smallest absolute Gasteiger partial charge is 0.224 e. The third kappa shape index (κ3) is 6.21. The Morgan fingerprint density at radius 1 is 1.14 bits per heavy atom. The number of ether oxygens (including phenoxy) is 1. The fourth-order valence-corrected chi connectivity index (χ4v) is 3.52. The number of benzene rings is 2. The lowest BCUT2D eigenvalue weighted by molar-refractivity contribution is -0.134. The van der Waals surface area contributed by atoms with Crippen LogP contribution >= 0.6 is 12.4 Å². The Morgan fingerprint density at radius 2 is 1.86 bits per heavy atom. The summed E-state index contributed by atoms with van der Waals surface area (Å²) >= 11 is 0. The molecule has 0 bridgehead atoms. The average Bonchev–Trinajstić information content (AvgIpc) is 2.74. The van der Waals surface area contributed by atoms with Crippen LogP contribution < -0.4 is 15.4 Å². The molecule has 1 atom stereocenters. The molecule has 1 fully saturated rings. The van der Waals surface area contributed by atoms with E-state index < -0.39 is 0 Å². The molecule has 2 aromatic rings. The van der Waals surface area contributed by atoms with Gasteiger partial charge in [-0.2, -0.15) is 0 Å². The van der Waals surface area contributed by atoms with Crippen LogP contribution in [0.5, 0.6) is 5.75 Å². The third-order valence-corrected chi connectivity index (χ3v) is 4.93. The van der Waals surface area contributed by atoms with Gasteiger partial charge in [0.05, 0.1) is 19.6 Å². The first-order valence-electron chi connectivity index (χ1n) is 9.62. The van der Waals surface area contributed by atoms with Crippen LogP contribution in [0.15, 0.2) is 54.6 Å². The van der Waals surface area contributed by atoms with E-state index in [0.29, 0.717) is 26.1 Å². The van der Waals surface area contributed by atoms with Crippen molar-refractivity contribution in [2.75, 3.05) is 33.3 Å². The summed E-state index contributed by atoms with van der Waals surface area (Å²) in [6, 6.07) is 17.3. The minimum atomic E-state index is -0.0718. The van der Waals surface area contributed by atoms with E-state index in [4.69, 9.17) is 4.74 Å². The molecule has 156 valence electrons. The molecule has 0 aliphatic carbocycles. The molecular weight excluding hydrogens is 390 g/mol. The molecule has 2 N–H and O–H groups in total. The number of piperazine rings is 1. The van der Waals surface area contributed by atoms with Gasteiger partial charge in [-0.15, -0.1) is 12.4 Å². The lowest BCUT2D eigenvalue weighted by atomic mass is 10.0. The Morgan fingerprint density at radius 3 is 2.62 bits per heavy atom. The van der Waals surface area contributed by atoms with E-state index in [1.54, 1.807) is 7.11 Å². The summed E-state index contributed by atoms with van der Waals surface area (Å²) in [6.45, 7) is 2.43. The molecule has 6 nitrogen and oxygen atoms in total. The first-order chi connectivity index (χ1) is 13.7. The van der Waals surface area contributed by atoms with Crippen LogP contribution in [0.3, 0.4) is 0 Å². The summed E-state index contributed by atoms with van der Waals surface area (Å²) in [6.07, 6.45) is 0.610. The molecule has 1 aliphatic heterocycles. The van der Waals surface area contributed by atoms with E-state index >= 15 is 0 Å². The van der Waals surface area contributed by atoms with Crippen molar-refractivity contribution >= 4 is 24.2 Å². The van der Waals surface area contributed by atoms with Gasteiger partial charge in [0.25, 0.3) is 0 Å². The Balaban J connectivity index is 0.00000300. The Hall–Kier alpha value is -2.57. The van der Waals surface area contributed by atoms with Crippen LogP contribution in [-0.4, -0.2) is 50.0 Å². The van der Waals surface area contributed by atoms with Gasteiger partial charge in [-0.25, -0.2) is 0 Å². The first-order valence-corrected chi connectivity index (χ1v) is 9.62. The average molecular weight is 418 g/mol. The first kappa shape index (κ1) is 22.7. The molecule has 1 heterocycles. The topological polar surface area (TPSA) is 70.7 Å². The van der Waals surface area contributed by atoms with E-state index in [1.807, 2.05) is 59.5 Å². The zero-order valence-corrected chi connectivity index (χ0v) is 17.4. The zero-order valence-electron chi connectivity index (χ0n) is 16.6. The van der Waals surface area contributed by atoms with Gasteiger partial charge in [0.15, 0.2) is 0 Å². The quantitative estimate of drug-likeness (QED) is 0.725. The Bertz CT molecular complexity index is 801. The van der Waals surface area contributed by atoms with Crippen LogP contribution in [-0.2, 0) is 16.0 Å². The number of hydrogen-bond donors (Lipinski definition) is 2. The van der Waals surface area contributed by atoms with E-state index in [-0.39, 0.29) is 36.7 Å². The number of para-hydroxylation sites is 1. The van der Waals surface area contributed by atoms with Crippen LogP contribution in [0, 0.1) is 0 Å². The molecule has 0 aromatic heterocycles. The highest BCUT2D eigenvalue weighted by Crippen LogP contribution is 2.30. The molecular formula is C22H28ClN3O3. The van der Waals surface area contributed by atoms with E-state index in [0.717, 1.165) is 23.4 Å². The Labute approximate surface area is 178 Å². The number of methoxy groups -OCH3 is 1. The van der Waals surface area contributed by atoms with Crippen LogP contribution in [0.1, 0.15) is 23.6 Å². The Kier molecular flexibility index (Phi) is 8.96. The number of hydrogen-bond acceptors (Lipinski definition) is 4. The maximum Gasteiger partial charge on any atom is 0.224 e. The fraction of sp³-hybridized carbons (Fsp3) is 0.364. The predicted octanol–water partition coefficient (Wildman–Crippen LogP) is 2.34. The van der Waals surface area contributed by atoms with Gasteiger partial charge in [-0.1, -0.05) is 48.5 Å². The summed E-state index contributed by atoms with van der Waals surface area (Å²) in [7, 11) is 1.64. The highest BCUT2D eigenvalue weighted by molar-refractivity contribution is 5.85. The number of nitrogens with zero attached hydrogens (tertiary/aromatic N) is 1. The standard InChI is InChI=1S/C22H27N3O3.ClH/c1-28-20-10-6-5-9-18(20)19-16-23-13-14-25(19)22(27)11-12-24-21(26)15-17-7-3-2-4-8-17;/h2-10,19,23H,11-16H2,1H3,(H,24,26);1H. The molecule has 0 radical (unpaired) electrons. The van der Waals surface area contributed by atoms with Crippen molar-refractivity contribution in [3.8, 4) is 5.75 Å². The summed E-state index contributed by atoms with van der Waals surface area (Å²) < 4.78 is 5.47. The largest absolute Gasteiger partial charge is 0.496 e. The molecule has 0 spiro atoms. The molecule has 2 aromatic carbocycles. The second kappa shape index (κ2) is 11.4. The van der Waals surface area contributed by atoms with Crippen molar-refractivity contribution in [3.63, 3.8) is 0 Å². The van der Waals surface area contributed by atoms with E-state index in [2.05, 4.69) is 10.6 Å². The SMILES string of the molecule is COc1ccccc1C1CNCCN1C(=O)CCNC(=O)Cc1ccccc1.Cl. The lowest BCUT2D eigenvalue weighted by Crippen LogP contribution is -2.49. The number of carbonyl (C=O) groups excluding carboxylic acids is 2. The summed E-state index contributed by atoms with van der Waals surface area (Å²) in [5, 5.41) is 6.20. The zero-order chi connectivity index (χ0) is 19.8. The highest BCUT2D eigenvalue weighted by Gasteiger charge is 2.29. The van der Waals surface area contributed by atoms with Gasteiger partial charge in [0.1, 0.15) is 5.75 Å². The number of halogens is 1. The van der Waals surface area contributed by atoms with E-state index in [9.17, 15) is 9.59 Å². The maximum atomic E-state index is 12.8. The van der Waals surface area contributed by atoms with Crippen molar-refractivity contribution in [2.24, 2.45) is 0 Å². The number of carbonyl (C=O) groups is 2. The minimum Gasteiger partial charge on any atom is -0.496 e. The second-order valence-corrected chi connectivity index (χ2v) is 6.81. The third-order valence-electron chi connectivity index (χ3n) is 4.93. The van der Waals surface area contributed by atoms with Crippen molar-refractivity contribution < 1.29 is 14.3 Å². The van der Waals surface area contributed by atoms with Crippen LogP contribution in [0.2, 0.25) is 0 Å². The van der Waals surface area contributed by atoms with Gasteiger partial charge in [-0.3, -0.25) is 9.59 Å². The van der Waals surface area contributed by atoms with E-state index in [1.165, 1.54) is 0 Å². The van der Waals surface area contributed by atoms with Gasteiger partial charge in [0.2, 0.25) is 11.8 Å². The van der Waals surface area contributed by atoms with Gasteiger partial charge >= 0.3 is 0 Å². The normalized spacial score (nSPS) is 15.9. The lowest BCUT2D eigenvalue weighted by Gasteiger charge is -2.37. The molecule has 3 rings (SSSR count). The number of amides is 2. The van der Waals surface area contributed by atoms with Crippen molar-refractivity contribution in [2.45, 2.75) is 18.9 Å². The highest BCUT2D eigenvalue weighted by atomic mass is 35.5. The van der Waals surface area contributed by atoms with Crippen molar-refractivity contribution in [1.82, 2.24) is 15.5 Å². The fourth-order valence-electron chi connectivity index (χ4n) is 3.52. The molecule has 29 heavy (non-hydrogen) atoms. The summed E-state index contributed by atoms with van der Waals surface area (Å²) in [5.74, 6) is 0.753. The molecule has 7 heteroatoms. The molecule has 2 amide bonds. The van der Waals surface area contributed by atoms with Gasteiger partial charge < -0.3 is 20.3 Å². The maximum absolute atomic E-state index is 12.8. The summed E-state index contributed by atoms with van der Waals surface area (Å²) in [4.78, 5) is 26.8. The van der Waals surface area contributed by atoms with Gasteiger partial charge in [0, 0.05) is 38.2 Å². The van der Waals surface area contributed by atoms with Crippen molar-refractivity contribution in [1.29, 1.82) is 0 Å². The molecule has 1 saturated heterocycles.